The highest BCUT2D eigenvalue weighted by atomic mass is 16.6. The minimum absolute atomic E-state index is 0.100. The van der Waals surface area contributed by atoms with E-state index in [4.69, 9.17) is 0 Å². The molecule has 9 nitrogen and oxygen atoms in total. The summed E-state index contributed by atoms with van der Waals surface area (Å²) in [5, 5.41) is 32.5. The molecule has 9 heteroatoms. The second kappa shape index (κ2) is 6.95. The van der Waals surface area contributed by atoms with Crippen molar-refractivity contribution in [2.24, 2.45) is 0 Å². The van der Waals surface area contributed by atoms with Gasteiger partial charge in [-0.1, -0.05) is 6.07 Å². The summed E-state index contributed by atoms with van der Waals surface area (Å²) in [6.45, 7) is 1.15. The lowest BCUT2D eigenvalue weighted by molar-refractivity contribution is -0.384. The number of benzene rings is 2. The fourth-order valence-electron chi connectivity index (χ4n) is 3.10. The summed E-state index contributed by atoms with van der Waals surface area (Å²) in [5.41, 5.74) is -0.132. The number of hydrogen-bond donors (Lipinski definition) is 1. The van der Waals surface area contributed by atoms with Gasteiger partial charge in [-0.05, 0) is 48.6 Å². The number of aromatic carboxylic acids is 1. The molecule has 2 aromatic carbocycles. The number of Topliss-reactive ketones (excluding diaryl/α,β-unsaturated/α-hetero) is 1. The van der Waals surface area contributed by atoms with E-state index < -0.39 is 34.4 Å². The number of rotatable bonds is 5. The van der Waals surface area contributed by atoms with Crippen LogP contribution < -0.4 is 10.0 Å². The molecule has 0 bridgehead atoms. The summed E-state index contributed by atoms with van der Waals surface area (Å²) in [6, 6.07) is 9.39. The second-order valence-corrected chi connectivity index (χ2v) is 6.08. The van der Waals surface area contributed by atoms with Crippen LogP contribution in [0.15, 0.2) is 59.9 Å². The molecule has 28 heavy (non-hydrogen) atoms. The lowest BCUT2D eigenvalue weighted by Crippen LogP contribution is -2.32. The quantitative estimate of drug-likeness (QED) is 0.612. The SMILES string of the molecule is CC(=O)C1=C([O-])C(=O)N(c2cccc(C(=O)O)c2)[C@H]1c1ccc([N+](=O)[O-])cc1. The Morgan fingerprint density at radius 3 is 2.32 bits per heavy atom. The Kier molecular flexibility index (Phi) is 4.66. The predicted molar refractivity (Wildman–Crippen MR) is 94.4 cm³/mol. The minimum Gasteiger partial charge on any atom is -0.868 e. The summed E-state index contributed by atoms with van der Waals surface area (Å²) in [4.78, 5) is 47.2. The largest absolute Gasteiger partial charge is 0.868 e. The van der Waals surface area contributed by atoms with Crippen LogP contribution in [0.5, 0.6) is 0 Å². The molecule has 0 saturated heterocycles. The Morgan fingerprint density at radius 1 is 1.14 bits per heavy atom. The zero-order valence-corrected chi connectivity index (χ0v) is 14.5. The predicted octanol–water partition coefficient (Wildman–Crippen LogP) is 1.58. The number of carbonyl (C=O) groups is 3. The number of ketones is 1. The molecule has 1 heterocycles. The van der Waals surface area contributed by atoms with Gasteiger partial charge in [0, 0.05) is 23.4 Å². The van der Waals surface area contributed by atoms with E-state index in [-0.39, 0.29) is 22.5 Å². The van der Waals surface area contributed by atoms with Gasteiger partial charge in [-0.15, -0.1) is 0 Å². The first-order valence-electron chi connectivity index (χ1n) is 8.05. The van der Waals surface area contributed by atoms with Crippen molar-refractivity contribution < 1.29 is 29.5 Å². The van der Waals surface area contributed by atoms with Gasteiger partial charge in [0.15, 0.2) is 5.78 Å². The van der Waals surface area contributed by atoms with Gasteiger partial charge in [-0.3, -0.25) is 24.6 Å². The van der Waals surface area contributed by atoms with Gasteiger partial charge in [0.05, 0.1) is 16.5 Å². The average molecular weight is 381 g/mol. The van der Waals surface area contributed by atoms with E-state index >= 15 is 0 Å². The van der Waals surface area contributed by atoms with Gasteiger partial charge >= 0.3 is 5.97 Å². The Balaban J connectivity index is 2.16. The van der Waals surface area contributed by atoms with Gasteiger partial charge in [-0.2, -0.15) is 0 Å². The fraction of sp³-hybridized carbons (Fsp3) is 0.105. The maximum absolute atomic E-state index is 12.6. The third kappa shape index (κ3) is 3.09. The van der Waals surface area contributed by atoms with Crippen LogP contribution in [0.25, 0.3) is 0 Å². The van der Waals surface area contributed by atoms with Crippen molar-refractivity contribution in [2.45, 2.75) is 13.0 Å². The molecule has 1 N–H and O–H groups in total. The molecule has 0 aliphatic carbocycles. The summed E-state index contributed by atoms with van der Waals surface area (Å²) in [5.74, 6) is -3.80. The highest BCUT2D eigenvalue weighted by molar-refractivity contribution is 6.16. The summed E-state index contributed by atoms with van der Waals surface area (Å²) in [7, 11) is 0. The molecule has 0 unspecified atom stereocenters. The van der Waals surface area contributed by atoms with Crippen molar-refractivity contribution in [3.8, 4) is 0 Å². The number of nitro benzene ring substituents is 1. The Hall–Kier alpha value is -4.01. The number of amides is 1. The molecule has 3 rings (SSSR count). The Bertz CT molecular complexity index is 1040. The van der Waals surface area contributed by atoms with Crippen molar-refractivity contribution >= 4 is 29.0 Å². The minimum atomic E-state index is -1.22. The van der Waals surface area contributed by atoms with E-state index in [0.29, 0.717) is 5.56 Å². The average Bonchev–Trinajstić information content (AvgIpc) is 2.93. The lowest BCUT2D eigenvalue weighted by Gasteiger charge is -2.27. The molecular weight excluding hydrogens is 368 g/mol. The van der Waals surface area contributed by atoms with Gasteiger partial charge in [-0.25, -0.2) is 4.79 Å². The topological polar surface area (TPSA) is 141 Å². The van der Waals surface area contributed by atoms with Crippen molar-refractivity contribution in [3.05, 3.63) is 81.1 Å². The Labute approximate surface area is 158 Å². The molecule has 0 saturated carbocycles. The maximum atomic E-state index is 12.6. The summed E-state index contributed by atoms with van der Waals surface area (Å²) >= 11 is 0. The monoisotopic (exact) mass is 381 g/mol. The Morgan fingerprint density at radius 2 is 1.79 bits per heavy atom. The van der Waals surface area contributed by atoms with E-state index in [9.17, 15) is 34.7 Å². The van der Waals surface area contributed by atoms with Crippen molar-refractivity contribution in [3.63, 3.8) is 0 Å². The lowest BCUT2D eigenvalue weighted by atomic mass is 9.96. The summed E-state index contributed by atoms with van der Waals surface area (Å²) in [6.07, 6.45) is 0. The number of anilines is 1. The van der Waals surface area contributed by atoms with E-state index in [2.05, 4.69) is 0 Å². The van der Waals surface area contributed by atoms with Crippen molar-refractivity contribution in [1.29, 1.82) is 0 Å². The van der Waals surface area contributed by atoms with Crippen LogP contribution >= 0.6 is 0 Å². The van der Waals surface area contributed by atoms with Crippen LogP contribution in [0.1, 0.15) is 28.9 Å². The molecule has 0 aromatic heterocycles. The number of carbonyl (C=O) groups excluding carboxylic acids is 2. The second-order valence-electron chi connectivity index (χ2n) is 6.08. The third-order valence-corrected chi connectivity index (χ3v) is 4.36. The number of hydrogen-bond acceptors (Lipinski definition) is 6. The van der Waals surface area contributed by atoms with Gasteiger partial charge in [0.25, 0.3) is 5.69 Å². The molecule has 1 aliphatic heterocycles. The molecule has 0 fully saturated rings. The number of nitro groups is 1. The normalized spacial score (nSPS) is 16.4. The first-order valence-corrected chi connectivity index (χ1v) is 8.05. The molecular formula is C19H13N2O7-. The standard InChI is InChI=1S/C19H14N2O7/c1-10(22)15-16(11-5-7-13(8-6-11)21(27)28)20(18(24)17(15)23)14-4-2-3-12(9-14)19(25)26/h2-9,16,23H,1H3,(H,25,26)/p-1/t16-/m0/s1. The van der Waals surface area contributed by atoms with E-state index in [1.54, 1.807) is 0 Å². The highest BCUT2D eigenvalue weighted by Crippen LogP contribution is 2.40. The van der Waals surface area contributed by atoms with Gasteiger partial charge in [0.1, 0.15) is 0 Å². The van der Waals surface area contributed by atoms with Gasteiger partial charge in [0.2, 0.25) is 5.91 Å². The molecule has 0 radical (unpaired) electrons. The first-order chi connectivity index (χ1) is 13.2. The first kappa shape index (κ1) is 18.8. The van der Waals surface area contributed by atoms with E-state index in [0.717, 1.165) is 11.8 Å². The van der Waals surface area contributed by atoms with Crippen LogP contribution in [0, 0.1) is 10.1 Å². The van der Waals surface area contributed by atoms with E-state index in [1.807, 2.05) is 0 Å². The number of carboxylic acid groups (broad SMARTS) is 1. The van der Waals surface area contributed by atoms with Crippen LogP contribution in [0.2, 0.25) is 0 Å². The summed E-state index contributed by atoms with van der Waals surface area (Å²) < 4.78 is 0. The van der Waals surface area contributed by atoms with Crippen LogP contribution in [-0.2, 0) is 9.59 Å². The smallest absolute Gasteiger partial charge is 0.335 e. The van der Waals surface area contributed by atoms with Crippen molar-refractivity contribution in [2.75, 3.05) is 4.90 Å². The van der Waals surface area contributed by atoms with E-state index in [1.165, 1.54) is 48.5 Å². The number of non-ortho nitro benzene ring substituents is 1. The highest BCUT2D eigenvalue weighted by Gasteiger charge is 2.39. The molecule has 1 atom stereocenters. The molecule has 2 aromatic rings. The molecule has 1 aliphatic rings. The van der Waals surface area contributed by atoms with Gasteiger partial charge < -0.3 is 10.2 Å². The van der Waals surface area contributed by atoms with Crippen LogP contribution in [0.3, 0.4) is 0 Å². The molecule has 142 valence electrons. The number of carboxylic acids is 1. The number of nitrogens with zero attached hydrogens (tertiary/aromatic N) is 2. The van der Waals surface area contributed by atoms with Crippen LogP contribution in [0.4, 0.5) is 11.4 Å². The molecule has 0 spiro atoms. The van der Waals surface area contributed by atoms with Crippen molar-refractivity contribution in [1.82, 2.24) is 0 Å². The van der Waals surface area contributed by atoms with Crippen LogP contribution in [-0.4, -0.2) is 27.7 Å². The zero-order chi connectivity index (χ0) is 20.6. The maximum Gasteiger partial charge on any atom is 0.335 e. The third-order valence-electron chi connectivity index (χ3n) is 4.36. The molecule has 1 amide bonds. The fourth-order valence-corrected chi connectivity index (χ4v) is 3.10. The zero-order valence-electron chi connectivity index (χ0n) is 14.5.